The number of carbonyl (C=O) groups excluding carboxylic acids is 1. The Balaban J connectivity index is 1.60. The molecule has 1 amide bonds. The molecule has 2 heterocycles. The molecule has 0 spiro atoms. The van der Waals surface area contributed by atoms with Gasteiger partial charge in [-0.25, -0.2) is 4.98 Å². The molecule has 136 valence electrons. The molecule has 8 heteroatoms. The van der Waals surface area contributed by atoms with Crippen LogP contribution in [0.2, 0.25) is 0 Å². The lowest BCUT2D eigenvalue weighted by Crippen LogP contribution is -2.12. The van der Waals surface area contributed by atoms with Gasteiger partial charge in [0.1, 0.15) is 16.1 Å². The average Bonchev–Trinajstić information content (AvgIpc) is 3.00. The number of carbonyl (C=O) groups is 1. The lowest BCUT2D eigenvalue weighted by atomic mass is 9.96. The van der Waals surface area contributed by atoms with Crippen LogP contribution in [0, 0.1) is 18.3 Å². The van der Waals surface area contributed by atoms with Crippen LogP contribution in [0.3, 0.4) is 0 Å². The van der Waals surface area contributed by atoms with Crippen molar-refractivity contribution in [3.8, 4) is 6.07 Å². The van der Waals surface area contributed by atoms with Crippen LogP contribution >= 0.6 is 23.1 Å². The van der Waals surface area contributed by atoms with Crippen molar-refractivity contribution in [3.63, 3.8) is 0 Å². The van der Waals surface area contributed by atoms with Crippen molar-refractivity contribution in [2.45, 2.75) is 56.9 Å². The largest absolute Gasteiger partial charge is 0.301 e. The molecule has 0 aromatic carbocycles. The predicted octanol–water partition coefficient (Wildman–Crippen LogP) is 3.89. The van der Waals surface area contributed by atoms with Gasteiger partial charge in [-0.15, -0.1) is 22.0 Å². The first kappa shape index (κ1) is 18.8. The number of aromatic nitrogens is 3. The molecule has 3 rings (SSSR count). The molecule has 1 aliphatic rings. The number of aryl methyl sites for hydroxylation is 3. The molecule has 1 N–H and O–H groups in total. The van der Waals surface area contributed by atoms with Gasteiger partial charge in [0.25, 0.3) is 0 Å². The Labute approximate surface area is 161 Å². The van der Waals surface area contributed by atoms with Crippen molar-refractivity contribution < 1.29 is 4.79 Å². The van der Waals surface area contributed by atoms with Gasteiger partial charge < -0.3 is 5.32 Å². The summed E-state index contributed by atoms with van der Waals surface area (Å²) < 4.78 is 0. The van der Waals surface area contributed by atoms with E-state index in [1.54, 1.807) is 0 Å². The topological polar surface area (TPSA) is 91.6 Å². The Morgan fingerprint density at radius 3 is 2.85 bits per heavy atom. The lowest BCUT2D eigenvalue weighted by molar-refractivity contribution is -0.115. The van der Waals surface area contributed by atoms with Crippen LogP contribution in [-0.4, -0.2) is 26.8 Å². The SMILES string of the molecule is Cc1nnc(NC(=O)CCSc2nc3c(cc2C#N)CCCCCC3)s1. The third kappa shape index (κ3) is 5.02. The maximum Gasteiger partial charge on any atom is 0.227 e. The quantitative estimate of drug-likeness (QED) is 0.783. The molecule has 0 radical (unpaired) electrons. The number of fused-ring (bicyclic) bond motifs is 1. The molecule has 0 saturated carbocycles. The fourth-order valence-corrected chi connectivity index (χ4v) is 4.45. The van der Waals surface area contributed by atoms with Crippen molar-refractivity contribution in [1.82, 2.24) is 15.2 Å². The van der Waals surface area contributed by atoms with Crippen molar-refractivity contribution in [2.75, 3.05) is 11.1 Å². The van der Waals surface area contributed by atoms with Crippen LogP contribution in [-0.2, 0) is 17.6 Å². The van der Waals surface area contributed by atoms with Crippen LogP contribution < -0.4 is 5.32 Å². The molecule has 2 aromatic rings. The fraction of sp³-hybridized carbons (Fsp3) is 0.500. The van der Waals surface area contributed by atoms with E-state index in [9.17, 15) is 10.1 Å². The van der Waals surface area contributed by atoms with Crippen LogP contribution in [0.5, 0.6) is 0 Å². The third-order valence-electron chi connectivity index (χ3n) is 4.23. The highest BCUT2D eigenvalue weighted by molar-refractivity contribution is 7.99. The molecular weight excluding hydrogens is 366 g/mol. The smallest absolute Gasteiger partial charge is 0.227 e. The van der Waals surface area contributed by atoms with Gasteiger partial charge >= 0.3 is 0 Å². The molecule has 0 aliphatic heterocycles. The minimum atomic E-state index is -0.0987. The van der Waals surface area contributed by atoms with E-state index < -0.39 is 0 Å². The van der Waals surface area contributed by atoms with Gasteiger partial charge in [0.2, 0.25) is 11.0 Å². The average molecular weight is 388 g/mol. The number of nitrogens with zero attached hydrogens (tertiary/aromatic N) is 4. The number of anilines is 1. The second-order valence-corrected chi connectivity index (χ2v) is 8.51. The summed E-state index contributed by atoms with van der Waals surface area (Å²) in [5.41, 5.74) is 2.96. The van der Waals surface area contributed by atoms with Crippen LogP contribution in [0.15, 0.2) is 11.1 Å². The number of thioether (sulfide) groups is 1. The Kier molecular flexibility index (Phi) is 6.58. The van der Waals surface area contributed by atoms with E-state index in [0.717, 1.165) is 41.4 Å². The molecule has 0 bridgehead atoms. The van der Waals surface area contributed by atoms with Gasteiger partial charge in [0.15, 0.2) is 0 Å². The molecule has 2 aromatic heterocycles. The lowest BCUT2D eigenvalue weighted by Gasteiger charge is -2.15. The Morgan fingerprint density at radius 1 is 1.31 bits per heavy atom. The highest BCUT2D eigenvalue weighted by Gasteiger charge is 2.15. The number of hydrogen-bond acceptors (Lipinski definition) is 7. The number of nitrogens with one attached hydrogen (secondary N) is 1. The summed E-state index contributed by atoms with van der Waals surface area (Å²) in [5.74, 6) is 0.475. The second-order valence-electron chi connectivity index (χ2n) is 6.25. The van der Waals surface area contributed by atoms with E-state index in [2.05, 4.69) is 21.6 Å². The molecule has 0 fully saturated rings. The van der Waals surface area contributed by atoms with Gasteiger partial charge in [-0.2, -0.15) is 5.26 Å². The maximum atomic E-state index is 12.0. The van der Waals surface area contributed by atoms with Gasteiger partial charge in [-0.1, -0.05) is 24.2 Å². The first-order valence-corrected chi connectivity index (χ1v) is 10.6. The van der Waals surface area contributed by atoms with E-state index in [1.807, 2.05) is 13.0 Å². The zero-order chi connectivity index (χ0) is 18.4. The highest BCUT2D eigenvalue weighted by Crippen LogP contribution is 2.27. The zero-order valence-electron chi connectivity index (χ0n) is 14.7. The molecule has 26 heavy (non-hydrogen) atoms. The summed E-state index contributed by atoms with van der Waals surface area (Å²) in [6, 6.07) is 4.26. The number of nitriles is 1. The normalized spacial score (nSPS) is 14.0. The summed E-state index contributed by atoms with van der Waals surface area (Å²) in [4.78, 5) is 16.8. The fourth-order valence-electron chi connectivity index (χ4n) is 2.93. The van der Waals surface area contributed by atoms with E-state index in [0.29, 0.717) is 22.9 Å². The van der Waals surface area contributed by atoms with Crippen molar-refractivity contribution in [2.24, 2.45) is 0 Å². The van der Waals surface area contributed by atoms with Crippen molar-refractivity contribution in [1.29, 1.82) is 5.26 Å². The van der Waals surface area contributed by atoms with E-state index in [-0.39, 0.29) is 5.91 Å². The number of hydrogen-bond donors (Lipinski definition) is 1. The van der Waals surface area contributed by atoms with E-state index >= 15 is 0 Å². The second kappa shape index (κ2) is 9.10. The molecule has 6 nitrogen and oxygen atoms in total. The number of amides is 1. The minimum absolute atomic E-state index is 0.0987. The first-order valence-electron chi connectivity index (χ1n) is 8.81. The summed E-state index contributed by atoms with van der Waals surface area (Å²) in [6.45, 7) is 1.85. The molecule has 0 saturated heterocycles. The van der Waals surface area contributed by atoms with E-state index in [4.69, 9.17) is 4.98 Å². The third-order valence-corrected chi connectivity index (χ3v) is 5.97. The minimum Gasteiger partial charge on any atom is -0.301 e. The zero-order valence-corrected chi connectivity index (χ0v) is 16.4. The van der Waals surface area contributed by atoms with E-state index in [1.165, 1.54) is 41.5 Å². The maximum absolute atomic E-state index is 12.0. The van der Waals surface area contributed by atoms with Crippen LogP contribution in [0.4, 0.5) is 5.13 Å². The predicted molar refractivity (Wildman–Crippen MR) is 103 cm³/mol. The highest BCUT2D eigenvalue weighted by atomic mass is 32.2. The van der Waals surface area contributed by atoms with Crippen molar-refractivity contribution in [3.05, 3.63) is 27.9 Å². The Morgan fingerprint density at radius 2 is 2.12 bits per heavy atom. The summed E-state index contributed by atoms with van der Waals surface area (Å²) in [7, 11) is 0. The standard InChI is InChI=1S/C18H21N5OS2/c1-12-22-23-18(26-12)21-16(24)8-9-25-17-14(11-19)10-13-6-4-2-3-5-7-15(13)20-17/h10H,2-9H2,1H3,(H,21,23,24). The van der Waals surface area contributed by atoms with Gasteiger partial charge in [-0.05, 0) is 44.2 Å². The van der Waals surface area contributed by atoms with Gasteiger partial charge in [-0.3, -0.25) is 4.79 Å². The molecular formula is C18H21N5OS2. The molecule has 0 atom stereocenters. The summed E-state index contributed by atoms with van der Waals surface area (Å²) in [6.07, 6.45) is 7.14. The monoisotopic (exact) mass is 387 g/mol. The van der Waals surface area contributed by atoms with Crippen molar-refractivity contribution >= 4 is 34.1 Å². The Hall–Kier alpha value is -1.98. The first-order chi connectivity index (χ1) is 12.7. The van der Waals surface area contributed by atoms with Gasteiger partial charge in [0, 0.05) is 17.9 Å². The summed E-state index contributed by atoms with van der Waals surface area (Å²) >= 11 is 2.83. The molecule has 0 unspecified atom stereocenters. The number of pyridine rings is 1. The Bertz CT molecular complexity index is 827. The van der Waals surface area contributed by atoms with Crippen LogP contribution in [0.25, 0.3) is 0 Å². The number of rotatable bonds is 5. The van der Waals surface area contributed by atoms with Gasteiger partial charge in [0.05, 0.1) is 5.56 Å². The van der Waals surface area contributed by atoms with Crippen LogP contribution in [0.1, 0.15) is 53.9 Å². The molecule has 1 aliphatic carbocycles. The summed E-state index contributed by atoms with van der Waals surface area (Å²) in [5, 5.41) is 22.1.